The number of nitrogens with zero attached hydrogens (tertiary/aromatic N) is 4. The van der Waals surface area contributed by atoms with E-state index in [-0.39, 0.29) is 11.7 Å². The van der Waals surface area contributed by atoms with E-state index >= 15 is 0 Å². The molecule has 0 bridgehead atoms. The van der Waals surface area contributed by atoms with Gasteiger partial charge >= 0.3 is 19.5 Å². The molecule has 2 aromatic carbocycles. The number of carbonyl (C=O) groups is 1. The summed E-state index contributed by atoms with van der Waals surface area (Å²) in [4.78, 5) is 25.5. The van der Waals surface area contributed by atoms with Crippen molar-refractivity contribution in [2.75, 3.05) is 39.3 Å². The van der Waals surface area contributed by atoms with Gasteiger partial charge in [-0.2, -0.15) is 13.2 Å². The summed E-state index contributed by atoms with van der Waals surface area (Å²) < 4.78 is 69.4. The molecule has 10 nitrogen and oxygen atoms in total. The van der Waals surface area contributed by atoms with Crippen LogP contribution in [-0.4, -0.2) is 70.5 Å². The number of nitro benzene ring substituents is 1. The summed E-state index contributed by atoms with van der Waals surface area (Å²) in [6.45, 7) is 2.68. The number of alkyl halides is 3. The fourth-order valence-corrected chi connectivity index (χ4v) is 6.71. The Hall–Kier alpha value is -2.99. The first-order valence-corrected chi connectivity index (χ1v) is 13.8. The van der Waals surface area contributed by atoms with Gasteiger partial charge in [-0.3, -0.25) is 24.0 Å². The minimum absolute atomic E-state index is 0.0523. The van der Waals surface area contributed by atoms with Crippen LogP contribution in [0.5, 0.6) is 11.5 Å². The van der Waals surface area contributed by atoms with E-state index in [0.29, 0.717) is 44.8 Å². The number of rotatable bonds is 9. The number of benzene rings is 2. The van der Waals surface area contributed by atoms with Gasteiger partial charge in [0.2, 0.25) is 5.75 Å². The molecule has 38 heavy (non-hydrogen) atoms. The summed E-state index contributed by atoms with van der Waals surface area (Å²) in [5.41, 5.74) is -0.748. The Morgan fingerprint density at radius 3 is 2.21 bits per heavy atom. The third-order valence-corrected chi connectivity index (χ3v) is 9.25. The molecule has 1 unspecified atom stereocenters. The van der Waals surface area contributed by atoms with Crippen molar-refractivity contribution in [2.24, 2.45) is 0 Å². The van der Waals surface area contributed by atoms with Crippen molar-refractivity contribution in [3.63, 3.8) is 0 Å². The molecule has 3 heterocycles. The average Bonchev–Trinajstić information content (AvgIpc) is 3.79. The summed E-state index contributed by atoms with van der Waals surface area (Å²) >= 11 is 0. The molecule has 2 aromatic rings. The number of amides is 1. The quantitative estimate of drug-likeness (QED) is 0.176. The number of hydrogen-bond donors (Lipinski definition) is 0. The first-order valence-electron chi connectivity index (χ1n) is 12.3. The molecule has 0 N–H and O–H groups in total. The maximum Gasteiger partial charge on any atom is 0.419 e. The van der Waals surface area contributed by atoms with Crippen LogP contribution in [0.3, 0.4) is 0 Å². The molecule has 14 heteroatoms. The molecule has 0 spiro atoms. The van der Waals surface area contributed by atoms with E-state index in [4.69, 9.17) is 9.26 Å². The fourth-order valence-electron chi connectivity index (χ4n) is 4.38. The smallest absolute Gasteiger partial charge is 0.419 e. The van der Waals surface area contributed by atoms with Crippen LogP contribution in [0.1, 0.15) is 41.3 Å². The third-order valence-electron chi connectivity index (χ3n) is 6.54. The number of halogens is 3. The predicted octanol–water partition coefficient (Wildman–Crippen LogP) is 5.37. The van der Waals surface area contributed by atoms with E-state index in [1.807, 2.05) is 0 Å². The van der Waals surface area contributed by atoms with Gasteiger partial charge in [0.25, 0.3) is 5.91 Å². The lowest BCUT2D eigenvalue weighted by Crippen LogP contribution is -2.35. The second kappa shape index (κ2) is 10.3. The largest absolute Gasteiger partial charge is 0.450 e. The SMILES string of the molecule is O=C(c1cccc(Oc2cc(C(OP(=O)(N3CC3)N3CC3)C(F)(F)F)ccc2[N+](=O)[O-])c1)N1CCCCC1. The van der Waals surface area contributed by atoms with E-state index in [0.717, 1.165) is 37.5 Å². The molecule has 5 rings (SSSR count). The molecule has 1 amide bonds. The van der Waals surface area contributed by atoms with Crippen LogP contribution in [0.25, 0.3) is 0 Å². The summed E-state index contributed by atoms with van der Waals surface area (Å²) in [6, 6.07) is 8.68. The zero-order valence-electron chi connectivity index (χ0n) is 20.3. The maximum absolute atomic E-state index is 14.1. The standard InChI is InChI=1S/C24H26F3N4O6P/c25-24(26,27)22(37-38(35,29-11-12-29)30-13-14-30)17-7-8-20(31(33)34)21(16-17)36-19-6-4-5-18(15-19)23(32)28-9-2-1-3-10-28/h4-8,15-16,22H,1-3,9-14H2. The number of hydrogen-bond acceptors (Lipinski definition) is 6. The van der Waals surface area contributed by atoms with Crippen molar-refractivity contribution < 1.29 is 36.7 Å². The molecule has 3 aliphatic heterocycles. The molecule has 0 aliphatic carbocycles. The summed E-state index contributed by atoms with van der Waals surface area (Å²) in [7, 11) is -3.87. The van der Waals surface area contributed by atoms with E-state index in [2.05, 4.69) is 0 Å². The number of ether oxygens (including phenoxy) is 1. The van der Waals surface area contributed by atoms with Gasteiger partial charge in [0.05, 0.1) is 4.92 Å². The first-order chi connectivity index (χ1) is 18.1. The van der Waals surface area contributed by atoms with Crippen LogP contribution >= 0.6 is 7.67 Å². The van der Waals surface area contributed by atoms with Crippen molar-refractivity contribution in [2.45, 2.75) is 31.5 Å². The lowest BCUT2D eigenvalue weighted by molar-refractivity contribution is -0.385. The van der Waals surface area contributed by atoms with Gasteiger partial charge in [0, 0.05) is 50.9 Å². The zero-order valence-corrected chi connectivity index (χ0v) is 21.2. The summed E-state index contributed by atoms with van der Waals surface area (Å²) in [5, 5.41) is 11.6. The molecule has 0 saturated carbocycles. The van der Waals surface area contributed by atoms with Crippen molar-refractivity contribution in [1.82, 2.24) is 14.2 Å². The molecular formula is C24H26F3N4O6P. The summed E-state index contributed by atoms with van der Waals surface area (Å²) in [5.74, 6) is -0.623. The van der Waals surface area contributed by atoms with Gasteiger partial charge < -0.3 is 9.64 Å². The Kier molecular flexibility index (Phi) is 7.21. The van der Waals surface area contributed by atoms with E-state index in [1.54, 1.807) is 11.0 Å². The lowest BCUT2D eigenvalue weighted by Gasteiger charge is -2.28. The molecule has 204 valence electrons. The summed E-state index contributed by atoms with van der Waals surface area (Å²) in [6.07, 6.45) is -4.71. The normalized spacial score (nSPS) is 19.2. The first kappa shape index (κ1) is 26.6. The van der Waals surface area contributed by atoms with Gasteiger partial charge in [-0.05, 0) is 55.2 Å². The van der Waals surface area contributed by atoms with Crippen LogP contribution < -0.4 is 4.74 Å². The highest BCUT2D eigenvalue weighted by atomic mass is 31.2. The Morgan fingerprint density at radius 1 is 0.974 bits per heavy atom. The topological polar surface area (TPSA) is 105 Å². The minimum Gasteiger partial charge on any atom is -0.450 e. The number of piperidine rings is 1. The highest BCUT2D eigenvalue weighted by Gasteiger charge is 2.55. The molecule has 0 radical (unpaired) electrons. The average molecular weight is 554 g/mol. The van der Waals surface area contributed by atoms with Crippen molar-refractivity contribution in [3.05, 3.63) is 63.7 Å². The van der Waals surface area contributed by atoms with E-state index in [1.165, 1.54) is 27.5 Å². The van der Waals surface area contributed by atoms with Gasteiger partial charge in [-0.15, -0.1) is 0 Å². The van der Waals surface area contributed by atoms with E-state index < -0.39 is 41.9 Å². The monoisotopic (exact) mass is 554 g/mol. The highest BCUT2D eigenvalue weighted by molar-refractivity contribution is 7.54. The highest BCUT2D eigenvalue weighted by Crippen LogP contribution is 2.64. The number of nitro groups is 1. The Morgan fingerprint density at radius 2 is 1.63 bits per heavy atom. The Balaban J connectivity index is 1.44. The second-order valence-electron chi connectivity index (χ2n) is 9.39. The van der Waals surface area contributed by atoms with Crippen molar-refractivity contribution >= 4 is 19.3 Å². The van der Waals surface area contributed by atoms with Crippen LogP contribution in [0.4, 0.5) is 18.9 Å². The molecule has 1 atom stereocenters. The Bertz CT molecular complexity index is 1260. The van der Waals surface area contributed by atoms with Gasteiger partial charge in [-0.25, -0.2) is 9.34 Å². The maximum atomic E-state index is 14.1. The van der Waals surface area contributed by atoms with Gasteiger partial charge in [0.1, 0.15) is 5.75 Å². The zero-order chi connectivity index (χ0) is 27.1. The van der Waals surface area contributed by atoms with Crippen LogP contribution in [0, 0.1) is 10.1 Å². The van der Waals surface area contributed by atoms with Crippen molar-refractivity contribution in [1.29, 1.82) is 0 Å². The molecule has 3 aliphatic rings. The molecular weight excluding hydrogens is 528 g/mol. The molecule has 3 saturated heterocycles. The second-order valence-corrected chi connectivity index (χ2v) is 11.7. The molecule has 3 fully saturated rings. The van der Waals surface area contributed by atoms with E-state index in [9.17, 15) is 32.6 Å². The minimum atomic E-state index is -4.95. The number of likely N-dealkylation sites (tertiary alicyclic amines) is 1. The van der Waals surface area contributed by atoms with Crippen LogP contribution in [-0.2, 0) is 9.09 Å². The van der Waals surface area contributed by atoms with Gasteiger partial charge in [0.15, 0.2) is 6.10 Å². The van der Waals surface area contributed by atoms with Crippen LogP contribution in [0.2, 0.25) is 0 Å². The fraction of sp³-hybridized carbons (Fsp3) is 0.458. The lowest BCUT2D eigenvalue weighted by atomic mass is 10.1. The number of carbonyl (C=O) groups excluding carboxylic acids is 1. The predicted molar refractivity (Wildman–Crippen MR) is 130 cm³/mol. The van der Waals surface area contributed by atoms with Crippen molar-refractivity contribution in [3.8, 4) is 11.5 Å². The van der Waals surface area contributed by atoms with Crippen LogP contribution in [0.15, 0.2) is 42.5 Å². The molecule has 0 aromatic heterocycles. The third kappa shape index (κ3) is 5.70. The Labute approximate surface area is 216 Å². The van der Waals surface area contributed by atoms with Gasteiger partial charge in [-0.1, -0.05) is 6.07 Å².